The maximum atomic E-state index is 12.5. The summed E-state index contributed by atoms with van der Waals surface area (Å²) in [5.74, 6) is 0.872. The Morgan fingerprint density at radius 2 is 1.88 bits per heavy atom. The summed E-state index contributed by atoms with van der Waals surface area (Å²) >= 11 is 0. The standard InChI is InChI=1S/C19H17N7O6/c1-24-15-14(17(28)25(2)19(24)29)26(9-20-15)8-13(27)21-18-23-22-16(32-18)10-3-4-11-12(7-10)31-6-5-30-11/h3-4,7,9H,5-6,8H2,1-2H3,(H,21,23,27). The predicted octanol–water partition coefficient (Wildman–Crippen LogP) is -0.106. The lowest BCUT2D eigenvalue weighted by molar-refractivity contribution is -0.116. The molecular formula is C19H17N7O6. The molecule has 0 spiro atoms. The van der Waals surface area contributed by atoms with Crippen LogP contribution in [0.4, 0.5) is 6.01 Å². The van der Waals surface area contributed by atoms with E-state index in [0.717, 1.165) is 4.57 Å². The number of carbonyl (C=O) groups excluding carboxylic acids is 1. The Hall–Kier alpha value is -4.42. The molecule has 5 rings (SSSR count). The number of nitrogens with one attached hydrogen (secondary N) is 1. The van der Waals surface area contributed by atoms with Crippen molar-refractivity contribution in [3.8, 4) is 23.0 Å². The first-order valence-electron chi connectivity index (χ1n) is 9.56. The molecule has 1 aliphatic rings. The number of carbonyl (C=O) groups is 1. The van der Waals surface area contributed by atoms with Gasteiger partial charge in [0.05, 0.1) is 6.33 Å². The molecule has 1 aromatic carbocycles. The van der Waals surface area contributed by atoms with E-state index in [9.17, 15) is 14.4 Å². The molecule has 1 amide bonds. The number of hydrogen-bond donors (Lipinski definition) is 1. The van der Waals surface area contributed by atoms with Gasteiger partial charge >= 0.3 is 11.7 Å². The van der Waals surface area contributed by atoms with Crippen LogP contribution in [-0.2, 0) is 25.4 Å². The first kappa shape index (κ1) is 19.5. The predicted molar refractivity (Wildman–Crippen MR) is 110 cm³/mol. The van der Waals surface area contributed by atoms with Crippen molar-refractivity contribution >= 4 is 23.1 Å². The molecule has 13 heteroatoms. The smallest absolute Gasteiger partial charge is 0.332 e. The van der Waals surface area contributed by atoms with Crippen molar-refractivity contribution in [1.29, 1.82) is 0 Å². The van der Waals surface area contributed by atoms with Crippen LogP contribution < -0.4 is 26.0 Å². The quantitative estimate of drug-likeness (QED) is 0.460. The van der Waals surface area contributed by atoms with E-state index < -0.39 is 17.2 Å². The van der Waals surface area contributed by atoms with Crippen molar-refractivity contribution in [3.63, 3.8) is 0 Å². The molecular weight excluding hydrogens is 422 g/mol. The fourth-order valence-corrected chi connectivity index (χ4v) is 3.40. The number of benzene rings is 1. The molecule has 0 fully saturated rings. The molecule has 1 aliphatic heterocycles. The number of nitrogens with zero attached hydrogens (tertiary/aromatic N) is 6. The number of hydrogen-bond acceptors (Lipinski definition) is 9. The lowest BCUT2D eigenvalue weighted by atomic mass is 10.2. The van der Waals surface area contributed by atoms with Crippen molar-refractivity contribution in [3.05, 3.63) is 45.4 Å². The Labute approximate surface area is 178 Å². The fraction of sp³-hybridized carbons (Fsp3) is 0.263. The van der Waals surface area contributed by atoms with E-state index >= 15 is 0 Å². The van der Waals surface area contributed by atoms with Crippen LogP contribution >= 0.6 is 0 Å². The van der Waals surface area contributed by atoms with E-state index in [4.69, 9.17) is 13.9 Å². The second-order valence-corrected chi connectivity index (χ2v) is 7.07. The van der Waals surface area contributed by atoms with Gasteiger partial charge in [-0.05, 0) is 18.2 Å². The van der Waals surface area contributed by atoms with Crippen LogP contribution in [0.1, 0.15) is 0 Å². The van der Waals surface area contributed by atoms with Crippen LogP contribution in [0.2, 0.25) is 0 Å². The Kier molecular flexibility index (Phi) is 4.50. The molecule has 0 aliphatic carbocycles. The molecule has 3 aromatic heterocycles. The largest absolute Gasteiger partial charge is 0.486 e. The van der Waals surface area contributed by atoms with Crippen LogP contribution in [0, 0.1) is 0 Å². The van der Waals surface area contributed by atoms with Crippen LogP contribution in [-0.4, -0.2) is 48.0 Å². The molecule has 0 saturated heterocycles. The summed E-state index contributed by atoms with van der Waals surface area (Å²) in [6, 6.07) is 5.09. The maximum Gasteiger partial charge on any atom is 0.332 e. The SMILES string of the molecule is Cn1c(=O)c2c(ncn2CC(=O)Nc2nnc(-c3ccc4c(c3)OCCO4)o2)n(C)c1=O. The number of fused-ring (bicyclic) bond motifs is 2. The molecule has 0 bridgehead atoms. The summed E-state index contributed by atoms with van der Waals surface area (Å²) in [7, 11) is 2.86. The van der Waals surface area contributed by atoms with E-state index in [2.05, 4.69) is 20.5 Å². The second-order valence-electron chi connectivity index (χ2n) is 7.07. The number of amides is 1. The van der Waals surface area contributed by atoms with Crippen molar-refractivity contribution in [2.75, 3.05) is 18.5 Å². The highest BCUT2D eigenvalue weighted by Crippen LogP contribution is 2.34. The number of anilines is 1. The van der Waals surface area contributed by atoms with Crippen LogP contribution in [0.3, 0.4) is 0 Å². The van der Waals surface area contributed by atoms with Gasteiger partial charge in [-0.25, -0.2) is 9.78 Å². The zero-order chi connectivity index (χ0) is 22.4. The summed E-state index contributed by atoms with van der Waals surface area (Å²) in [6.45, 7) is 0.686. The van der Waals surface area contributed by atoms with Crippen LogP contribution in [0.25, 0.3) is 22.6 Å². The summed E-state index contributed by atoms with van der Waals surface area (Å²) in [5, 5.41) is 10.3. The van der Waals surface area contributed by atoms with Crippen molar-refractivity contribution in [2.24, 2.45) is 14.1 Å². The van der Waals surface area contributed by atoms with Gasteiger partial charge in [0.25, 0.3) is 5.56 Å². The topological polar surface area (TPSA) is 148 Å². The van der Waals surface area contributed by atoms with Crippen molar-refractivity contribution in [1.82, 2.24) is 28.9 Å². The normalized spacial score (nSPS) is 12.8. The first-order valence-corrected chi connectivity index (χ1v) is 9.56. The summed E-state index contributed by atoms with van der Waals surface area (Å²) in [4.78, 5) is 41.1. The lowest BCUT2D eigenvalue weighted by Crippen LogP contribution is -2.37. The third kappa shape index (κ3) is 3.19. The minimum Gasteiger partial charge on any atom is -0.486 e. The Morgan fingerprint density at radius 1 is 1.09 bits per heavy atom. The fourth-order valence-electron chi connectivity index (χ4n) is 3.40. The highest BCUT2D eigenvalue weighted by molar-refractivity contribution is 5.89. The first-order chi connectivity index (χ1) is 15.4. The van der Waals surface area contributed by atoms with Gasteiger partial charge in [0, 0.05) is 19.7 Å². The number of rotatable bonds is 4. The van der Waals surface area contributed by atoms with E-state index in [1.807, 2.05) is 0 Å². The molecule has 0 atom stereocenters. The zero-order valence-corrected chi connectivity index (χ0v) is 17.1. The zero-order valence-electron chi connectivity index (χ0n) is 17.1. The highest BCUT2D eigenvalue weighted by Gasteiger charge is 2.19. The third-order valence-electron chi connectivity index (χ3n) is 4.99. The molecule has 0 saturated carbocycles. The van der Waals surface area contributed by atoms with Crippen molar-refractivity contribution in [2.45, 2.75) is 6.54 Å². The number of aryl methyl sites for hydroxylation is 1. The molecule has 164 valence electrons. The van der Waals surface area contributed by atoms with Gasteiger partial charge in [-0.1, -0.05) is 5.10 Å². The second kappa shape index (κ2) is 7.37. The Balaban J connectivity index is 1.35. The van der Waals surface area contributed by atoms with E-state index in [1.54, 1.807) is 18.2 Å². The molecule has 32 heavy (non-hydrogen) atoms. The van der Waals surface area contributed by atoms with E-state index in [-0.39, 0.29) is 29.6 Å². The molecule has 4 heterocycles. The maximum absolute atomic E-state index is 12.5. The molecule has 4 aromatic rings. The van der Waals surface area contributed by atoms with Crippen molar-refractivity contribution < 1.29 is 18.7 Å². The molecule has 1 N–H and O–H groups in total. The monoisotopic (exact) mass is 439 g/mol. The van der Waals surface area contributed by atoms with Crippen LogP contribution in [0.5, 0.6) is 11.5 Å². The molecule has 0 unspecified atom stereocenters. The number of ether oxygens (including phenoxy) is 2. The third-order valence-corrected chi connectivity index (χ3v) is 4.99. The average molecular weight is 439 g/mol. The number of imidazole rings is 1. The van der Waals surface area contributed by atoms with E-state index in [0.29, 0.717) is 30.3 Å². The highest BCUT2D eigenvalue weighted by atomic mass is 16.6. The van der Waals surface area contributed by atoms with E-state index in [1.165, 1.54) is 29.6 Å². The summed E-state index contributed by atoms with van der Waals surface area (Å²) in [6.07, 6.45) is 1.32. The van der Waals surface area contributed by atoms with Gasteiger partial charge < -0.3 is 18.5 Å². The molecule has 13 nitrogen and oxygen atoms in total. The van der Waals surface area contributed by atoms with Gasteiger partial charge in [-0.2, -0.15) is 0 Å². The van der Waals surface area contributed by atoms with Gasteiger partial charge in [0.15, 0.2) is 22.7 Å². The van der Waals surface area contributed by atoms with Gasteiger partial charge in [0.1, 0.15) is 19.8 Å². The summed E-state index contributed by atoms with van der Waals surface area (Å²) < 4.78 is 20.1. The van der Waals surface area contributed by atoms with Gasteiger partial charge in [-0.15, -0.1) is 5.10 Å². The summed E-state index contributed by atoms with van der Waals surface area (Å²) in [5.41, 5.74) is -0.133. The minimum absolute atomic E-state index is 0.107. The van der Waals surface area contributed by atoms with Gasteiger partial charge in [0.2, 0.25) is 11.8 Å². The number of aromatic nitrogens is 6. The average Bonchev–Trinajstić information content (AvgIpc) is 3.43. The Morgan fingerprint density at radius 3 is 2.69 bits per heavy atom. The molecule has 0 radical (unpaired) electrons. The van der Waals surface area contributed by atoms with Gasteiger partial charge in [-0.3, -0.25) is 24.0 Å². The lowest BCUT2D eigenvalue weighted by Gasteiger charge is -2.18. The Bertz CT molecular complexity index is 1480. The minimum atomic E-state index is -0.549. The van der Waals surface area contributed by atoms with Crippen LogP contribution in [0.15, 0.2) is 38.5 Å².